The average molecular weight is 271 g/mol. The van der Waals surface area contributed by atoms with Crippen LogP contribution >= 0.6 is 11.6 Å². The number of aryl methyl sites for hydroxylation is 1. The molecule has 2 aromatic carbocycles. The van der Waals surface area contributed by atoms with Crippen molar-refractivity contribution in [3.05, 3.63) is 63.4 Å². The summed E-state index contributed by atoms with van der Waals surface area (Å²) in [7, 11) is 0. The molecule has 0 radical (unpaired) electrons. The smallest absolute Gasteiger partial charge is 0.267 e. The van der Waals surface area contributed by atoms with E-state index in [-0.39, 0.29) is 5.56 Å². The van der Waals surface area contributed by atoms with Gasteiger partial charge in [0.05, 0.1) is 11.1 Å². The zero-order valence-electron chi connectivity index (χ0n) is 10.3. The molecule has 4 heteroatoms. The van der Waals surface area contributed by atoms with Crippen molar-refractivity contribution in [1.29, 1.82) is 0 Å². The summed E-state index contributed by atoms with van der Waals surface area (Å²) >= 11 is 6.15. The third-order valence-corrected chi connectivity index (χ3v) is 3.55. The Morgan fingerprint density at radius 2 is 1.84 bits per heavy atom. The largest absolute Gasteiger partial charge is 0.272 e. The molecule has 0 saturated carbocycles. The first-order chi connectivity index (χ1) is 9.16. The molecule has 3 nitrogen and oxygen atoms in total. The molecular weight excluding hydrogens is 260 g/mol. The number of hydrogen-bond donors (Lipinski definition) is 1. The maximum absolute atomic E-state index is 11.7. The monoisotopic (exact) mass is 270 g/mol. The zero-order valence-corrected chi connectivity index (χ0v) is 11.0. The molecule has 1 aromatic heterocycles. The van der Waals surface area contributed by atoms with E-state index in [9.17, 15) is 4.79 Å². The van der Waals surface area contributed by atoms with Crippen LogP contribution in [-0.2, 0) is 0 Å². The number of fused-ring (bicyclic) bond motifs is 1. The third kappa shape index (κ3) is 2.02. The topological polar surface area (TPSA) is 45.8 Å². The number of rotatable bonds is 1. The lowest BCUT2D eigenvalue weighted by Crippen LogP contribution is -2.09. The molecular formula is C15H11ClN2O. The normalized spacial score (nSPS) is 10.8. The Morgan fingerprint density at radius 3 is 2.58 bits per heavy atom. The number of H-pyrrole nitrogens is 1. The minimum Gasteiger partial charge on any atom is -0.267 e. The van der Waals surface area contributed by atoms with Crippen molar-refractivity contribution >= 4 is 22.4 Å². The molecule has 0 spiro atoms. The van der Waals surface area contributed by atoms with Crippen LogP contribution < -0.4 is 5.56 Å². The summed E-state index contributed by atoms with van der Waals surface area (Å²) in [6.45, 7) is 1.95. The molecule has 0 bridgehead atoms. The first-order valence-electron chi connectivity index (χ1n) is 5.91. The predicted octanol–water partition coefficient (Wildman–Crippen LogP) is 3.55. The predicted molar refractivity (Wildman–Crippen MR) is 77.5 cm³/mol. The minimum atomic E-state index is -0.183. The van der Waals surface area contributed by atoms with Gasteiger partial charge in [-0.1, -0.05) is 41.9 Å². The second kappa shape index (κ2) is 4.52. The highest BCUT2D eigenvalue weighted by Gasteiger charge is 2.09. The van der Waals surface area contributed by atoms with E-state index in [1.165, 1.54) is 0 Å². The minimum absolute atomic E-state index is 0.183. The fraction of sp³-hybridized carbons (Fsp3) is 0.0667. The Hall–Kier alpha value is -2.13. The van der Waals surface area contributed by atoms with Gasteiger partial charge in [0.1, 0.15) is 0 Å². The zero-order chi connectivity index (χ0) is 13.4. The van der Waals surface area contributed by atoms with E-state index in [1.54, 1.807) is 6.07 Å². The lowest BCUT2D eigenvalue weighted by Gasteiger charge is -2.06. The summed E-state index contributed by atoms with van der Waals surface area (Å²) < 4.78 is 0. The number of hydrogen-bond acceptors (Lipinski definition) is 2. The van der Waals surface area contributed by atoms with Crippen LogP contribution in [-0.4, -0.2) is 10.2 Å². The average Bonchev–Trinajstić information content (AvgIpc) is 2.43. The van der Waals surface area contributed by atoms with Crippen molar-refractivity contribution < 1.29 is 0 Å². The summed E-state index contributed by atoms with van der Waals surface area (Å²) in [5, 5.41) is 8.82. The summed E-state index contributed by atoms with van der Waals surface area (Å²) in [4.78, 5) is 11.7. The van der Waals surface area contributed by atoms with Gasteiger partial charge >= 0.3 is 0 Å². The fourth-order valence-corrected chi connectivity index (χ4v) is 2.26. The Balaban J connectivity index is 2.34. The highest BCUT2D eigenvalue weighted by Crippen LogP contribution is 2.27. The van der Waals surface area contributed by atoms with Crippen LogP contribution in [0.4, 0.5) is 0 Å². The van der Waals surface area contributed by atoms with Gasteiger partial charge < -0.3 is 0 Å². The molecule has 0 atom stereocenters. The first kappa shape index (κ1) is 11.9. The highest BCUT2D eigenvalue weighted by atomic mass is 35.5. The first-order valence-corrected chi connectivity index (χ1v) is 6.28. The molecule has 0 aliphatic heterocycles. The van der Waals surface area contributed by atoms with Crippen LogP contribution in [0.25, 0.3) is 22.0 Å². The quantitative estimate of drug-likeness (QED) is 0.735. The molecule has 0 amide bonds. The lowest BCUT2D eigenvalue weighted by molar-refractivity contribution is 1.02. The molecule has 0 fully saturated rings. The Morgan fingerprint density at radius 1 is 1.11 bits per heavy atom. The number of aromatic amines is 1. The highest BCUT2D eigenvalue weighted by molar-refractivity contribution is 6.31. The fourth-order valence-electron chi connectivity index (χ4n) is 2.07. The molecule has 19 heavy (non-hydrogen) atoms. The van der Waals surface area contributed by atoms with Gasteiger partial charge in [0, 0.05) is 16.0 Å². The van der Waals surface area contributed by atoms with Crippen molar-refractivity contribution in [1.82, 2.24) is 10.2 Å². The summed E-state index contributed by atoms with van der Waals surface area (Å²) in [6, 6.07) is 13.2. The SMILES string of the molecule is Cc1ccc(-c2n[nH]c(=O)c3ccccc23)cc1Cl. The van der Waals surface area contributed by atoms with Gasteiger partial charge in [0.15, 0.2) is 0 Å². The van der Waals surface area contributed by atoms with E-state index < -0.39 is 0 Å². The molecule has 1 N–H and O–H groups in total. The van der Waals surface area contributed by atoms with Crippen LogP contribution in [0, 0.1) is 6.92 Å². The molecule has 94 valence electrons. The standard InChI is InChI=1S/C15H11ClN2O/c1-9-6-7-10(8-13(9)16)14-11-4-2-3-5-12(11)15(19)18-17-14/h2-8H,1H3,(H,18,19). The van der Waals surface area contributed by atoms with Gasteiger partial charge in [0.2, 0.25) is 0 Å². The summed E-state index contributed by atoms with van der Waals surface area (Å²) in [6.07, 6.45) is 0. The third-order valence-electron chi connectivity index (χ3n) is 3.14. The van der Waals surface area contributed by atoms with Crippen LogP contribution in [0.15, 0.2) is 47.3 Å². The summed E-state index contributed by atoms with van der Waals surface area (Å²) in [5.41, 5.74) is 2.46. The van der Waals surface area contributed by atoms with E-state index >= 15 is 0 Å². The van der Waals surface area contributed by atoms with Crippen LogP contribution in [0.5, 0.6) is 0 Å². The van der Waals surface area contributed by atoms with Crippen LogP contribution in [0.1, 0.15) is 5.56 Å². The maximum Gasteiger partial charge on any atom is 0.272 e. The van der Waals surface area contributed by atoms with Crippen LogP contribution in [0.3, 0.4) is 0 Å². The Labute approximate surface area is 114 Å². The number of nitrogens with one attached hydrogen (secondary N) is 1. The van der Waals surface area contributed by atoms with Crippen molar-refractivity contribution in [2.45, 2.75) is 6.92 Å². The number of benzene rings is 2. The van der Waals surface area contributed by atoms with E-state index in [1.807, 2.05) is 43.3 Å². The van der Waals surface area contributed by atoms with Gasteiger partial charge in [-0.3, -0.25) is 4.79 Å². The van der Waals surface area contributed by atoms with E-state index in [2.05, 4.69) is 10.2 Å². The molecule has 3 rings (SSSR count). The van der Waals surface area contributed by atoms with E-state index in [0.717, 1.165) is 22.2 Å². The molecule has 1 heterocycles. The van der Waals surface area contributed by atoms with E-state index in [4.69, 9.17) is 11.6 Å². The van der Waals surface area contributed by atoms with Crippen LogP contribution in [0.2, 0.25) is 5.02 Å². The molecule has 0 aliphatic carbocycles. The molecule has 3 aromatic rings. The Kier molecular flexibility index (Phi) is 2.84. The van der Waals surface area contributed by atoms with Crippen molar-refractivity contribution in [2.24, 2.45) is 0 Å². The molecule has 0 aliphatic rings. The molecule has 0 saturated heterocycles. The van der Waals surface area contributed by atoms with Gasteiger partial charge in [-0.2, -0.15) is 5.10 Å². The second-order valence-corrected chi connectivity index (χ2v) is 4.82. The van der Waals surface area contributed by atoms with Gasteiger partial charge in [-0.05, 0) is 24.6 Å². The maximum atomic E-state index is 11.7. The second-order valence-electron chi connectivity index (χ2n) is 4.41. The lowest BCUT2D eigenvalue weighted by atomic mass is 10.0. The number of nitrogens with zero attached hydrogens (tertiary/aromatic N) is 1. The van der Waals surface area contributed by atoms with Gasteiger partial charge in [-0.25, -0.2) is 5.10 Å². The molecule has 0 unspecified atom stereocenters. The van der Waals surface area contributed by atoms with Crippen molar-refractivity contribution in [3.8, 4) is 11.3 Å². The number of aromatic nitrogens is 2. The van der Waals surface area contributed by atoms with Crippen molar-refractivity contribution in [3.63, 3.8) is 0 Å². The van der Waals surface area contributed by atoms with E-state index in [0.29, 0.717) is 10.4 Å². The van der Waals surface area contributed by atoms with Gasteiger partial charge in [-0.15, -0.1) is 0 Å². The number of halogens is 1. The Bertz CT molecular complexity index is 824. The van der Waals surface area contributed by atoms with Gasteiger partial charge in [0.25, 0.3) is 5.56 Å². The van der Waals surface area contributed by atoms with Crippen molar-refractivity contribution in [2.75, 3.05) is 0 Å². The summed E-state index contributed by atoms with van der Waals surface area (Å²) in [5.74, 6) is 0.